The Labute approximate surface area is 97.8 Å². The molecule has 92 valence electrons. The normalized spacial score (nSPS) is 30.5. The van der Waals surface area contributed by atoms with Crippen molar-refractivity contribution in [2.45, 2.75) is 44.2 Å². The predicted molar refractivity (Wildman–Crippen MR) is 64.1 cm³/mol. The van der Waals surface area contributed by atoms with Gasteiger partial charge >= 0.3 is 0 Å². The maximum absolute atomic E-state index is 11.9. The van der Waals surface area contributed by atoms with Crippen molar-refractivity contribution in [3.05, 3.63) is 0 Å². The minimum atomic E-state index is 0.298. The summed E-state index contributed by atoms with van der Waals surface area (Å²) in [6.07, 6.45) is 5.14. The summed E-state index contributed by atoms with van der Waals surface area (Å²) in [7, 11) is 2.20. The summed E-state index contributed by atoms with van der Waals surface area (Å²) in [6.45, 7) is 2.48. The third-order valence-corrected chi connectivity index (χ3v) is 4.10. The number of rotatable bonds is 3. The zero-order chi connectivity index (χ0) is 11.5. The van der Waals surface area contributed by atoms with E-state index in [2.05, 4.69) is 16.8 Å². The lowest BCUT2D eigenvalue weighted by Crippen LogP contribution is -2.39. The number of carbonyl (C=O) groups is 1. The molecule has 0 aromatic heterocycles. The quantitative estimate of drug-likeness (QED) is 0.757. The molecule has 2 saturated heterocycles. The van der Waals surface area contributed by atoms with Crippen LogP contribution in [0.1, 0.15) is 32.1 Å². The number of hydrogen-bond donors (Lipinski definition) is 1. The molecule has 2 unspecified atom stereocenters. The standard InChI is InChI=1S/C12H23N3O/c1-14-10-4-5-11(14)9-15(8-6-10)12(16)3-2-7-13/h10-11H,2-9,13H2,1H3. The highest BCUT2D eigenvalue weighted by Gasteiger charge is 2.35. The van der Waals surface area contributed by atoms with Crippen LogP contribution in [-0.4, -0.2) is 54.5 Å². The lowest BCUT2D eigenvalue weighted by molar-refractivity contribution is -0.131. The van der Waals surface area contributed by atoms with Crippen LogP contribution in [0.15, 0.2) is 0 Å². The van der Waals surface area contributed by atoms with E-state index in [1.807, 2.05) is 0 Å². The molecule has 2 heterocycles. The largest absolute Gasteiger partial charge is 0.341 e. The average Bonchev–Trinajstić information content (AvgIpc) is 2.50. The van der Waals surface area contributed by atoms with E-state index in [4.69, 9.17) is 5.73 Å². The first-order chi connectivity index (χ1) is 7.72. The zero-order valence-electron chi connectivity index (χ0n) is 10.2. The number of nitrogens with zero attached hydrogens (tertiary/aromatic N) is 2. The van der Waals surface area contributed by atoms with Gasteiger partial charge in [-0.25, -0.2) is 0 Å². The van der Waals surface area contributed by atoms with Crippen LogP contribution < -0.4 is 5.73 Å². The summed E-state index contributed by atoms with van der Waals surface area (Å²) in [5.41, 5.74) is 5.44. The van der Waals surface area contributed by atoms with Gasteiger partial charge < -0.3 is 10.6 Å². The van der Waals surface area contributed by atoms with Crippen molar-refractivity contribution < 1.29 is 4.79 Å². The van der Waals surface area contributed by atoms with Crippen molar-refractivity contribution in [1.82, 2.24) is 9.80 Å². The highest BCUT2D eigenvalue weighted by molar-refractivity contribution is 5.76. The van der Waals surface area contributed by atoms with Gasteiger partial charge in [0.15, 0.2) is 0 Å². The van der Waals surface area contributed by atoms with Gasteiger partial charge in [0.1, 0.15) is 0 Å². The molecule has 2 bridgehead atoms. The van der Waals surface area contributed by atoms with Crippen molar-refractivity contribution in [1.29, 1.82) is 0 Å². The molecule has 2 rings (SSSR count). The first-order valence-electron chi connectivity index (χ1n) is 6.42. The Morgan fingerprint density at radius 3 is 2.81 bits per heavy atom. The molecule has 1 amide bonds. The minimum absolute atomic E-state index is 0.298. The van der Waals surface area contributed by atoms with E-state index in [0.29, 0.717) is 31.0 Å². The fourth-order valence-corrected chi connectivity index (χ4v) is 2.95. The molecule has 2 fully saturated rings. The van der Waals surface area contributed by atoms with Crippen molar-refractivity contribution in [3.63, 3.8) is 0 Å². The Morgan fingerprint density at radius 1 is 1.31 bits per heavy atom. The van der Waals surface area contributed by atoms with E-state index in [-0.39, 0.29) is 0 Å². The number of amides is 1. The third-order valence-electron chi connectivity index (χ3n) is 4.10. The lowest BCUT2D eigenvalue weighted by Gasteiger charge is -2.25. The molecular formula is C12H23N3O. The first kappa shape index (κ1) is 11.9. The summed E-state index contributed by atoms with van der Waals surface area (Å²) < 4.78 is 0. The number of fused-ring (bicyclic) bond motifs is 2. The molecule has 2 N–H and O–H groups in total. The van der Waals surface area contributed by atoms with Gasteiger partial charge in [-0.05, 0) is 39.3 Å². The smallest absolute Gasteiger partial charge is 0.222 e. The number of nitrogens with two attached hydrogens (primary N) is 1. The van der Waals surface area contributed by atoms with E-state index in [0.717, 1.165) is 25.9 Å². The Balaban J connectivity index is 1.90. The minimum Gasteiger partial charge on any atom is -0.341 e. The van der Waals surface area contributed by atoms with E-state index < -0.39 is 0 Å². The molecule has 16 heavy (non-hydrogen) atoms. The van der Waals surface area contributed by atoms with Crippen LogP contribution in [0.2, 0.25) is 0 Å². The van der Waals surface area contributed by atoms with Crippen LogP contribution in [0.25, 0.3) is 0 Å². The molecule has 0 saturated carbocycles. The molecule has 2 aliphatic rings. The van der Waals surface area contributed by atoms with Crippen LogP contribution in [0, 0.1) is 0 Å². The van der Waals surface area contributed by atoms with Crippen LogP contribution in [0.3, 0.4) is 0 Å². The molecule has 4 nitrogen and oxygen atoms in total. The van der Waals surface area contributed by atoms with Gasteiger partial charge in [-0.2, -0.15) is 0 Å². The fraction of sp³-hybridized carbons (Fsp3) is 0.917. The highest BCUT2D eigenvalue weighted by atomic mass is 16.2. The van der Waals surface area contributed by atoms with Gasteiger partial charge in [0.25, 0.3) is 0 Å². The summed E-state index contributed by atoms with van der Waals surface area (Å²) >= 11 is 0. The second kappa shape index (κ2) is 5.15. The summed E-state index contributed by atoms with van der Waals surface area (Å²) in [5, 5.41) is 0. The molecule has 0 aliphatic carbocycles. The highest BCUT2D eigenvalue weighted by Crippen LogP contribution is 2.28. The molecule has 0 radical (unpaired) electrons. The Kier molecular flexibility index (Phi) is 3.82. The monoisotopic (exact) mass is 225 g/mol. The Morgan fingerprint density at radius 2 is 2.06 bits per heavy atom. The van der Waals surface area contributed by atoms with Gasteiger partial charge in [-0.3, -0.25) is 9.69 Å². The topological polar surface area (TPSA) is 49.6 Å². The number of hydrogen-bond acceptors (Lipinski definition) is 3. The van der Waals surface area contributed by atoms with Crippen molar-refractivity contribution in [2.75, 3.05) is 26.7 Å². The van der Waals surface area contributed by atoms with Crippen molar-refractivity contribution >= 4 is 5.91 Å². The van der Waals surface area contributed by atoms with Gasteiger partial charge in [-0.15, -0.1) is 0 Å². The van der Waals surface area contributed by atoms with Gasteiger partial charge in [0.05, 0.1) is 0 Å². The first-order valence-corrected chi connectivity index (χ1v) is 6.42. The third kappa shape index (κ3) is 2.38. The van der Waals surface area contributed by atoms with E-state index in [9.17, 15) is 4.79 Å². The van der Waals surface area contributed by atoms with Crippen LogP contribution >= 0.6 is 0 Å². The molecule has 0 aromatic carbocycles. The number of likely N-dealkylation sites (N-methyl/N-ethyl adjacent to an activating group) is 1. The Hall–Kier alpha value is -0.610. The van der Waals surface area contributed by atoms with Crippen LogP contribution in [0.5, 0.6) is 0 Å². The average molecular weight is 225 g/mol. The molecule has 2 aliphatic heterocycles. The number of likely N-dealkylation sites (tertiary alicyclic amines) is 1. The maximum Gasteiger partial charge on any atom is 0.222 e. The van der Waals surface area contributed by atoms with Gasteiger partial charge in [0, 0.05) is 31.6 Å². The summed E-state index contributed by atoms with van der Waals surface area (Å²) in [5.74, 6) is 0.298. The van der Waals surface area contributed by atoms with E-state index in [1.54, 1.807) is 0 Å². The summed E-state index contributed by atoms with van der Waals surface area (Å²) in [6, 6.07) is 1.30. The van der Waals surface area contributed by atoms with Crippen molar-refractivity contribution in [3.8, 4) is 0 Å². The van der Waals surface area contributed by atoms with E-state index >= 15 is 0 Å². The number of carbonyl (C=O) groups excluding carboxylic acids is 1. The van der Waals surface area contributed by atoms with Crippen molar-refractivity contribution in [2.24, 2.45) is 5.73 Å². The SMILES string of the molecule is CN1C2CCC1CN(C(=O)CCCN)CC2. The molecule has 0 spiro atoms. The van der Waals surface area contributed by atoms with E-state index in [1.165, 1.54) is 12.8 Å². The molecule has 4 heteroatoms. The predicted octanol–water partition coefficient (Wildman–Crippen LogP) is 0.420. The maximum atomic E-state index is 11.9. The molecule has 2 atom stereocenters. The van der Waals surface area contributed by atoms with Gasteiger partial charge in [-0.1, -0.05) is 0 Å². The summed E-state index contributed by atoms with van der Waals surface area (Å²) in [4.78, 5) is 16.5. The van der Waals surface area contributed by atoms with Gasteiger partial charge in [0.2, 0.25) is 5.91 Å². The second-order valence-corrected chi connectivity index (χ2v) is 5.07. The molecule has 0 aromatic rings. The second-order valence-electron chi connectivity index (χ2n) is 5.07. The fourth-order valence-electron chi connectivity index (χ4n) is 2.95. The Bertz CT molecular complexity index is 257. The van der Waals surface area contributed by atoms with Crippen LogP contribution in [0.4, 0.5) is 0 Å². The lowest BCUT2D eigenvalue weighted by atomic mass is 10.1. The molecular weight excluding hydrogens is 202 g/mol. The van der Waals surface area contributed by atoms with Crippen LogP contribution in [-0.2, 0) is 4.79 Å². The zero-order valence-corrected chi connectivity index (χ0v) is 10.2.